The molecule has 12 heavy (non-hydrogen) atoms. The molecule has 0 amide bonds. The second kappa shape index (κ2) is 3.47. The lowest BCUT2D eigenvalue weighted by molar-refractivity contribution is 0.582. The summed E-state index contributed by atoms with van der Waals surface area (Å²) in [4.78, 5) is 0. The van der Waals surface area contributed by atoms with E-state index in [2.05, 4.69) is 26.1 Å². The lowest BCUT2D eigenvalue weighted by atomic mass is 10.1. The van der Waals surface area contributed by atoms with Crippen LogP contribution in [0.3, 0.4) is 0 Å². The Hall–Kier alpha value is -0.510. The van der Waals surface area contributed by atoms with Crippen LogP contribution < -0.4 is 0 Å². The Balaban J connectivity index is 3.27. The first kappa shape index (κ1) is 9.58. The molecule has 0 fully saturated rings. The molecule has 0 aliphatic carbocycles. The molecule has 2 nitrogen and oxygen atoms in total. The minimum absolute atomic E-state index is 0.185. The third-order valence-electron chi connectivity index (χ3n) is 1.69. The molecule has 0 saturated heterocycles. The van der Waals surface area contributed by atoms with E-state index < -0.39 is 0 Å². The van der Waals surface area contributed by atoms with Crippen molar-refractivity contribution in [2.24, 2.45) is 0 Å². The molecular weight excluding hydrogens is 223 g/mol. The monoisotopic (exact) mass is 232 g/mol. The normalized spacial score (nSPS) is 10.8. The highest BCUT2D eigenvalue weighted by Gasteiger charge is 2.12. The molecule has 1 rings (SSSR count). The molecule has 4 heteroatoms. The Morgan fingerprint density at radius 2 is 1.92 bits per heavy atom. The third-order valence-corrected chi connectivity index (χ3v) is 2.19. The van der Waals surface area contributed by atoms with Crippen molar-refractivity contribution in [2.45, 2.75) is 26.7 Å². The second-order valence-electron chi connectivity index (χ2n) is 2.97. The average molecular weight is 233 g/mol. The Morgan fingerprint density at radius 3 is 2.42 bits per heavy atom. The topological polar surface area (TPSA) is 25.8 Å². The van der Waals surface area contributed by atoms with E-state index >= 15 is 0 Å². The summed E-state index contributed by atoms with van der Waals surface area (Å²) in [6.45, 7) is 5.64. The summed E-state index contributed by atoms with van der Waals surface area (Å²) in [5, 5.41) is 7.55. The molecule has 0 aliphatic heterocycles. The number of hydrogen-bond acceptors (Lipinski definition) is 2. The summed E-state index contributed by atoms with van der Waals surface area (Å²) < 4.78 is 13.4. The molecule has 1 aromatic rings. The lowest BCUT2D eigenvalue weighted by Crippen LogP contribution is -2.02. The average Bonchev–Trinajstić information content (AvgIpc) is 2.00. The highest BCUT2D eigenvalue weighted by Crippen LogP contribution is 2.21. The minimum atomic E-state index is -0.311. The molecule has 0 saturated carbocycles. The van der Waals surface area contributed by atoms with Crippen LogP contribution in [-0.4, -0.2) is 10.2 Å². The van der Waals surface area contributed by atoms with Gasteiger partial charge in [-0.2, -0.15) is 5.10 Å². The van der Waals surface area contributed by atoms with Gasteiger partial charge in [-0.25, -0.2) is 4.39 Å². The Bertz CT molecular complexity index is 299. The van der Waals surface area contributed by atoms with Gasteiger partial charge < -0.3 is 0 Å². The molecule has 66 valence electrons. The van der Waals surface area contributed by atoms with Crippen LogP contribution in [0.1, 0.15) is 31.0 Å². The molecule has 0 bridgehead atoms. The number of halogens is 2. The number of nitrogens with zero attached hydrogens (tertiary/aromatic N) is 2. The summed E-state index contributed by atoms with van der Waals surface area (Å²) in [5.41, 5.74) is 1.29. The number of hydrogen-bond donors (Lipinski definition) is 0. The van der Waals surface area contributed by atoms with Crippen molar-refractivity contribution < 1.29 is 4.39 Å². The van der Waals surface area contributed by atoms with Crippen LogP contribution in [0.4, 0.5) is 4.39 Å². The molecule has 0 atom stereocenters. The highest BCUT2D eigenvalue weighted by molar-refractivity contribution is 9.10. The molecule has 0 radical (unpaired) electrons. The van der Waals surface area contributed by atoms with Gasteiger partial charge in [-0.1, -0.05) is 13.8 Å². The van der Waals surface area contributed by atoms with Crippen molar-refractivity contribution in [3.63, 3.8) is 0 Å². The van der Waals surface area contributed by atoms with Gasteiger partial charge in [-0.05, 0) is 28.8 Å². The predicted molar refractivity (Wildman–Crippen MR) is 48.5 cm³/mol. The fourth-order valence-corrected chi connectivity index (χ4v) is 1.41. The van der Waals surface area contributed by atoms with Crippen molar-refractivity contribution in [1.82, 2.24) is 10.2 Å². The van der Waals surface area contributed by atoms with Crippen LogP contribution in [0.15, 0.2) is 4.60 Å². The zero-order valence-corrected chi connectivity index (χ0v) is 8.81. The van der Waals surface area contributed by atoms with Gasteiger partial charge in [-0.3, -0.25) is 0 Å². The highest BCUT2D eigenvalue weighted by atomic mass is 79.9. The van der Waals surface area contributed by atoms with Gasteiger partial charge in [0.2, 0.25) is 0 Å². The Labute approximate surface area is 79.3 Å². The molecule has 1 heterocycles. The van der Waals surface area contributed by atoms with Crippen LogP contribution in [0.2, 0.25) is 0 Å². The first-order chi connectivity index (χ1) is 5.54. The van der Waals surface area contributed by atoms with Gasteiger partial charge in [0.1, 0.15) is 0 Å². The van der Waals surface area contributed by atoms with E-state index in [1.165, 1.54) is 0 Å². The zero-order valence-electron chi connectivity index (χ0n) is 7.23. The fourth-order valence-electron chi connectivity index (χ4n) is 1.03. The van der Waals surface area contributed by atoms with Gasteiger partial charge in [0, 0.05) is 5.56 Å². The van der Waals surface area contributed by atoms with E-state index in [4.69, 9.17) is 0 Å². The van der Waals surface area contributed by atoms with E-state index in [0.29, 0.717) is 5.56 Å². The maximum atomic E-state index is 13.2. The van der Waals surface area contributed by atoms with Crippen molar-refractivity contribution >= 4 is 15.9 Å². The predicted octanol–water partition coefficient (Wildman–Crippen LogP) is 2.81. The maximum absolute atomic E-state index is 13.2. The van der Waals surface area contributed by atoms with Crippen LogP contribution in [0.5, 0.6) is 0 Å². The van der Waals surface area contributed by atoms with E-state index in [1.807, 2.05) is 13.8 Å². The van der Waals surface area contributed by atoms with E-state index in [1.54, 1.807) is 6.92 Å². The van der Waals surface area contributed by atoms with Crippen molar-refractivity contribution in [1.29, 1.82) is 0 Å². The van der Waals surface area contributed by atoms with Crippen LogP contribution in [0.25, 0.3) is 0 Å². The molecule has 0 spiro atoms. The summed E-state index contributed by atoms with van der Waals surface area (Å²) in [6, 6.07) is 0. The third kappa shape index (κ3) is 1.63. The van der Waals surface area contributed by atoms with Crippen molar-refractivity contribution in [2.75, 3.05) is 0 Å². The molecule has 0 N–H and O–H groups in total. The summed E-state index contributed by atoms with van der Waals surface area (Å²) in [7, 11) is 0. The summed E-state index contributed by atoms with van der Waals surface area (Å²) in [6.07, 6.45) is 0. The summed E-state index contributed by atoms with van der Waals surface area (Å²) in [5.74, 6) is -0.103. The van der Waals surface area contributed by atoms with Gasteiger partial charge in [0.15, 0.2) is 10.4 Å². The van der Waals surface area contributed by atoms with Crippen LogP contribution in [-0.2, 0) is 0 Å². The molecular formula is C8H10BrFN2. The van der Waals surface area contributed by atoms with Gasteiger partial charge in [0.25, 0.3) is 0 Å². The SMILES string of the molecule is Cc1c(C(C)C)nnc(Br)c1F. The first-order valence-corrected chi connectivity index (χ1v) is 4.51. The summed E-state index contributed by atoms with van der Waals surface area (Å²) >= 11 is 2.98. The standard InChI is InChI=1S/C8H10BrFN2/c1-4(2)7-5(3)6(10)8(9)12-11-7/h4H,1-3H3. The first-order valence-electron chi connectivity index (χ1n) is 3.72. The maximum Gasteiger partial charge on any atom is 0.164 e. The zero-order chi connectivity index (χ0) is 9.30. The second-order valence-corrected chi connectivity index (χ2v) is 3.72. The van der Waals surface area contributed by atoms with Gasteiger partial charge in [0.05, 0.1) is 5.69 Å². The van der Waals surface area contributed by atoms with Crippen molar-refractivity contribution in [3.8, 4) is 0 Å². The fraction of sp³-hybridized carbons (Fsp3) is 0.500. The van der Waals surface area contributed by atoms with E-state index in [0.717, 1.165) is 5.69 Å². The number of rotatable bonds is 1. The van der Waals surface area contributed by atoms with Crippen LogP contribution in [0, 0.1) is 12.7 Å². The largest absolute Gasteiger partial charge is 0.204 e. The quantitative estimate of drug-likeness (QED) is 0.745. The lowest BCUT2D eigenvalue weighted by Gasteiger charge is -2.07. The molecule has 1 aromatic heterocycles. The smallest absolute Gasteiger partial charge is 0.164 e. The van der Waals surface area contributed by atoms with Crippen LogP contribution >= 0.6 is 15.9 Å². The Kier molecular flexibility index (Phi) is 2.77. The van der Waals surface area contributed by atoms with E-state index in [9.17, 15) is 4.39 Å². The molecule has 0 unspecified atom stereocenters. The Morgan fingerprint density at radius 1 is 1.33 bits per heavy atom. The van der Waals surface area contributed by atoms with Gasteiger partial charge in [-0.15, -0.1) is 5.10 Å². The molecule has 0 aliphatic rings. The van der Waals surface area contributed by atoms with Crippen molar-refractivity contribution in [3.05, 3.63) is 21.7 Å². The minimum Gasteiger partial charge on any atom is -0.204 e. The molecule has 0 aromatic carbocycles. The van der Waals surface area contributed by atoms with E-state index in [-0.39, 0.29) is 16.3 Å². The number of aromatic nitrogens is 2. The van der Waals surface area contributed by atoms with Gasteiger partial charge >= 0.3 is 0 Å².